The molecule has 0 unspecified atom stereocenters. The molecule has 0 radical (unpaired) electrons. The molecular formula is C24H24BF. The van der Waals surface area contributed by atoms with Gasteiger partial charge in [0.1, 0.15) is 13.7 Å². The zero-order valence-corrected chi connectivity index (χ0v) is 15.3. The highest BCUT2D eigenvalue weighted by Crippen LogP contribution is 2.34. The molecule has 0 amide bonds. The molecule has 1 fully saturated rings. The third-order valence-corrected chi connectivity index (χ3v) is 5.65. The van der Waals surface area contributed by atoms with E-state index < -0.39 is 0 Å². The van der Waals surface area contributed by atoms with Crippen LogP contribution in [0.1, 0.15) is 43.6 Å². The van der Waals surface area contributed by atoms with E-state index in [2.05, 4.69) is 44.2 Å². The number of benzene rings is 3. The fourth-order valence-electron chi connectivity index (χ4n) is 4.05. The smallest absolute Gasteiger partial charge is 0.139 e. The zero-order valence-electron chi connectivity index (χ0n) is 15.3. The van der Waals surface area contributed by atoms with Gasteiger partial charge in [0.15, 0.2) is 0 Å². The molecule has 0 heterocycles. The van der Waals surface area contributed by atoms with E-state index in [0.717, 1.165) is 16.7 Å². The van der Waals surface area contributed by atoms with Crippen molar-refractivity contribution in [3.8, 4) is 22.3 Å². The van der Waals surface area contributed by atoms with Crippen LogP contribution in [0.2, 0.25) is 0 Å². The lowest BCUT2D eigenvalue weighted by atomic mass is 9.83. The highest BCUT2D eigenvalue weighted by atomic mass is 19.1. The lowest BCUT2D eigenvalue weighted by Crippen LogP contribution is -2.04. The lowest BCUT2D eigenvalue weighted by molar-refractivity contribution is 0.443. The zero-order chi connectivity index (χ0) is 17.9. The van der Waals surface area contributed by atoms with Crippen molar-refractivity contribution < 1.29 is 4.39 Å². The van der Waals surface area contributed by atoms with E-state index in [1.54, 1.807) is 6.07 Å². The summed E-state index contributed by atoms with van der Waals surface area (Å²) in [7, 11) is 2.06. The average Bonchev–Trinajstić information content (AvgIpc) is 2.69. The number of hydrogen-bond acceptors (Lipinski definition) is 0. The van der Waals surface area contributed by atoms with Crippen LogP contribution in [-0.4, -0.2) is 7.85 Å². The Labute approximate surface area is 156 Å². The molecule has 1 aliphatic carbocycles. The molecule has 0 spiro atoms. The minimum absolute atomic E-state index is 0.159. The number of rotatable bonds is 3. The van der Waals surface area contributed by atoms with Crippen LogP contribution < -0.4 is 5.46 Å². The summed E-state index contributed by atoms with van der Waals surface area (Å²) in [5.74, 6) is 0.528. The summed E-state index contributed by atoms with van der Waals surface area (Å²) in [5, 5.41) is 0. The Morgan fingerprint density at radius 2 is 1.31 bits per heavy atom. The molecule has 3 aromatic rings. The maximum Gasteiger partial charge on any atom is 0.139 e. The average molecular weight is 342 g/mol. The van der Waals surface area contributed by atoms with Crippen LogP contribution in [0.5, 0.6) is 0 Å². The fraction of sp³-hybridized carbons (Fsp3) is 0.250. The first-order valence-corrected chi connectivity index (χ1v) is 9.67. The lowest BCUT2D eigenvalue weighted by Gasteiger charge is -2.22. The Bertz CT molecular complexity index is 875. The molecule has 0 bridgehead atoms. The third-order valence-electron chi connectivity index (χ3n) is 5.65. The summed E-state index contributed by atoms with van der Waals surface area (Å²) >= 11 is 0. The second kappa shape index (κ2) is 7.49. The molecule has 0 nitrogen and oxygen atoms in total. The molecule has 26 heavy (non-hydrogen) atoms. The van der Waals surface area contributed by atoms with Crippen LogP contribution in [0, 0.1) is 5.82 Å². The Kier molecular flexibility index (Phi) is 4.92. The molecule has 0 atom stereocenters. The largest absolute Gasteiger partial charge is 0.206 e. The van der Waals surface area contributed by atoms with Crippen molar-refractivity contribution in [1.82, 2.24) is 0 Å². The SMILES string of the molecule is Bc1ccc(-c2ccc(-c3ccc(C4CCCCC4)cc3)c(F)c2)cc1. The fourth-order valence-corrected chi connectivity index (χ4v) is 4.05. The van der Waals surface area contributed by atoms with Crippen molar-refractivity contribution in [1.29, 1.82) is 0 Å². The quantitative estimate of drug-likeness (QED) is 0.554. The van der Waals surface area contributed by atoms with Gasteiger partial charge in [-0.1, -0.05) is 85.4 Å². The predicted octanol–water partition coefficient (Wildman–Crippen LogP) is 5.47. The molecule has 0 aliphatic heterocycles. The maximum atomic E-state index is 14.8. The van der Waals surface area contributed by atoms with Crippen LogP contribution >= 0.6 is 0 Å². The second-order valence-electron chi connectivity index (χ2n) is 7.52. The molecule has 1 saturated carbocycles. The summed E-state index contributed by atoms with van der Waals surface area (Å²) in [4.78, 5) is 0. The van der Waals surface area contributed by atoms with Crippen LogP contribution in [0.3, 0.4) is 0 Å². The Morgan fingerprint density at radius 1 is 0.692 bits per heavy atom. The monoisotopic (exact) mass is 342 g/mol. The summed E-state index contributed by atoms with van der Waals surface area (Å²) in [5.41, 5.74) is 6.22. The first-order chi connectivity index (χ1) is 12.7. The third kappa shape index (κ3) is 3.60. The van der Waals surface area contributed by atoms with Gasteiger partial charge >= 0.3 is 0 Å². The molecule has 130 valence electrons. The first kappa shape index (κ1) is 17.1. The number of hydrogen-bond donors (Lipinski definition) is 0. The van der Waals surface area contributed by atoms with Crippen LogP contribution in [0.15, 0.2) is 66.7 Å². The molecule has 0 N–H and O–H groups in total. The van der Waals surface area contributed by atoms with Crippen molar-refractivity contribution in [3.63, 3.8) is 0 Å². The van der Waals surface area contributed by atoms with Gasteiger partial charge in [-0.05, 0) is 47.1 Å². The van der Waals surface area contributed by atoms with Crippen molar-refractivity contribution in [2.24, 2.45) is 0 Å². The minimum Gasteiger partial charge on any atom is -0.206 e. The van der Waals surface area contributed by atoms with Crippen LogP contribution in [0.25, 0.3) is 22.3 Å². The van der Waals surface area contributed by atoms with Crippen molar-refractivity contribution in [3.05, 3.63) is 78.1 Å². The molecule has 2 heteroatoms. The van der Waals surface area contributed by atoms with Gasteiger partial charge in [-0.15, -0.1) is 0 Å². The van der Waals surface area contributed by atoms with Gasteiger partial charge in [0.2, 0.25) is 0 Å². The van der Waals surface area contributed by atoms with Gasteiger partial charge in [0.05, 0.1) is 0 Å². The Morgan fingerprint density at radius 3 is 1.96 bits per heavy atom. The van der Waals surface area contributed by atoms with Crippen molar-refractivity contribution in [2.45, 2.75) is 38.0 Å². The summed E-state index contributed by atoms with van der Waals surface area (Å²) in [6.07, 6.45) is 6.62. The van der Waals surface area contributed by atoms with Crippen molar-refractivity contribution in [2.75, 3.05) is 0 Å². The molecule has 1 aliphatic rings. The minimum atomic E-state index is -0.159. The molecule has 4 rings (SSSR count). The summed E-state index contributed by atoms with van der Waals surface area (Å²) in [6.45, 7) is 0. The van der Waals surface area contributed by atoms with Crippen LogP contribution in [-0.2, 0) is 0 Å². The highest BCUT2D eigenvalue weighted by molar-refractivity contribution is 6.32. The van der Waals surface area contributed by atoms with Gasteiger partial charge in [0.25, 0.3) is 0 Å². The standard InChI is InChI=1S/C24H24BF/c25-22-13-10-19(11-14-22)21-12-15-23(24(26)16-21)20-8-6-18(7-9-20)17-4-2-1-3-5-17/h6-17H,1-5,25H2. The van der Waals surface area contributed by atoms with Gasteiger partial charge in [0, 0.05) is 5.56 Å². The highest BCUT2D eigenvalue weighted by Gasteiger charge is 2.15. The van der Waals surface area contributed by atoms with Gasteiger partial charge < -0.3 is 0 Å². The summed E-state index contributed by atoms with van der Waals surface area (Å²) in [6, 6.07) is 22.3. The van der Waals surface area contributed by atoms with E-state index in [9.17, 15) is 4.39 Å². The van der Waals surface area contributed by atoms with Gasteiger partial charge in [-0.25, -0.2) is 4.39 Å². The Balaban J connectivity index is 1.58. The van der Waals surface area contributed by atoms with Gasteiger partial charge in [-0.2, -0.15) is 0 Å². The molecule has 3 aromatic carbocycles. The maximum absolute atomic E-state index is 14.8. The van der Waals surface area contributed by atoms with E-state index in [-0.39, 0.29) is 5.82 Å². The van der Waals surface area contributed by atoms with Gasteiger partial charge in [-0.3, -0.25) is 0 Å². The molecular weight excluding hydrogens is 318 g/mol. The van der Waals surface area contributed by atoms with Crippen molar-refractivity contribution >= 4 is 13.3 Å². The molecule has 0 saturated heterocycles. The van der Waals surface area contributed by atoms with E-state index in [4.69, 9.17) is 0 Å². The first-order valence-electron chi connectivity index (χ1n) is 9.67. The summed E-state index contributed by atoms with van der Waals surface area (Å²) < 4.78 is 14.8. The number of halogens is 1. The topological polar surface area (TPSA) is 0 Å². The van der Waals surface area contributed by atoms with E-state index in [1.165, 1.54) is 43.1 Å². The predicted molar refractivity (Wildman–Crippen MR) is 111 cm³/mol. The second-order valence-corrected chi connectivity index (χ2v) is 7.52. The van der Waals surface area contributed by atoms with E-state index in [0.29, 0.717) is 11.5 Å². The van der Waals surface area contributed by atoms with E-state index >= 15 is 0 Å². The molecule has 0 aromatic heterocycles. The van der Waals surface area contributed by atoms with E-state index in [1.807, 2.05) is 24.3 Å². The normalized spacial score (nSPS) is 15.1. The Hall–Kier alpha value is -2.35. The van der Waals surface area contributed by atoms with Crippen LogP contribution in [0.4, 0.5) is 4.39 Å².